The third kappa shape index (κ3) is 13.4. The molecule has 2 rings (SSSR count). The summed E-state index contributed by atoms with van der Waals surface area (Å²) in [5, 5.41) is 0. The van der Waals surface area contributed by atoms with Crippen LogP contribution < -0.4 is 0 Å². The van der Waals surface area contributed by atoms with Gasteiger partial charge >= 0.3 is 13.8 Å². The number of piperidine rings is 1. The second-order valence-electron chi connectivity index (χ2n) is 13.3. The largest absolute Gasteiger partial charge is 0.480 e. The second-order valence-corrected chi connectivity index (χ2v) is 14.8. The van der Waals surface area contributed by atoms with E-state index in [0.717, 1.165) is 32.2 Å². The summed E-state index contributed by atoms with van der Waals surface area (Å²) in [4.78, 5) is 12.0. The van der Waals surface area contributed by atoms with Crippen molar-refractivity contribution in [3.63, 3.8) is 0 Å². The molecule has 0 amide bonds. The van der Waals surface area contributed by atoms with Crippen molar-refractivity contribution in [2.45, 2.75) is 168 Å². The summed E-state index contributed by atoms with van der Waals surface area (Å²) in [6.07, 6.45) is 17.7. The quantitative estimate of drug-likeness (QED) is 0.0530. The van der Waals surface area contributed by atoms with Gasteiger partial charge in [-0.1, -0.05) is 104 Å². The lowest BCUT2D eigenvalue weighted by molar-refractivity contribution is -0.939. The molecule has 9 heteroatoms. The number of fused-ring (bicyclic) bond motifs is 1. The molecule has 0 saturated carbocycles. The minimum absolute atomic E-state index is 0.102. The van der Waals surface area contributed by atoms with Gasteiger partial charge in [0, 0.05) is 13.5 Å². The summed E-state index contributed by atoms with van der Waals surface area (Å²) in [5.41, 5.74) is 0. The maximum atomic E-state index is 13.6. The van der Waals surface area contributed by atoms with Crippen LogP contribution in [-0.2, 0) is 32.4 Å². The van der Waals surface area contributed by atoms with Gasteiger partial charge in [0.1, 0.15) is 12.2 Å². The molecule has 242 valence electrons. The predicted molar refractivity (Wildman–Crippen MR) is 165 cm³/mol. The monoisotopic (exact) mass is 604 g/mol. The standard InChI is InChI=1S/C32H63NO7P/c1-8-9-10-11-12-13-14-15-16-17-18-19-20-21-25-36-27(4)31(37-28(5)34)30(26(2)3)39-41(35)38-29-23-22-24-33(6,7)32(29)40-41/h26-27,29-32H,8-25H2,1-7H3/q+1. The number of carbonyl (C=O) groups is 1. The van der Waals surface area contributed by atoms with E-state index in [4.69, 9.17) is 23.0 Å². The van der Waals surface area contributed by atoms with Gasteiger partial charge in [-0.15, -0.1) is 0 Å². The Morgan fingerprint density at radius 2 is 1.39 bits per heavy atom. The molecule has 0 aromatic carbocycles. The molecule has 2 fully saturated rings. The minimum Gasteiger partial charge on any atom is -0.457 e. The fourth-order valence-electron chi connectivity index (χ4n) is 6.09. The minimum atomic E-state index is -3.83. The topological polar surface area (TPSA) is 80.3 Å². The van der Waals surface area contributed by atoms with Crippen molar-refractivity contribution in [3.05, 3.63) is 0 Å². The van der Waals surface area contributed by atoms with Crippen LogP contribution in [0.4, 0.5) is 0 Å². The molecule has 0 radical (unpaired) electrons. The molecule has 6 atom stereocenters. The van der Waals surface area contributed by atoms with Gasteiger partial charge in [0.15, 0.2) is 6.10 Å². The SMILES string of the molecule is CCCCCCCCCCCCCCCCOC(C)C(OC(C)=O)C(OP1(=O)OC2CCC[N+](C)(C)C2O1)C(C)C. The fourth-order valence-corrected chi connectivity index (χ4v) is 8.09. The third-order valence-electron chi connectivity index (χ3n) is 8.61. The third-order valence-corrected chi connectivity index (χ3v) is 10.1. The number of hydrogen-bond acceptors (Lipinski definition) is 7. The Balaban J connectivity index is 1.72. The van der Waals surface area contributed by atoms with Crippen LogP contribution in [0.5, 0.6) is 0 Å². The average Bonchev–Trinajstić information content (AvgIpc) is 3.25. The maximum absolute atomic E-state index is 13.6. The first kappa shape index (κ1) is 36.7. The van der Waals surface area contributed by atoms with Gasteiger partial charge in [0.25, 0.3) is 0 Å². The Morgan fingerprint density at radius 1 is 0.854 bits per heavy atom. The Kier molecular flexibility index (Phi) is 17.0. The Bertz CT molecular complexity index is 777. The summed E-state index contributed by atoms with van der Waals surface area (Å²) < 4.78 is 44.0. The molecule has 2 aliphatic heterocycles. The van der Waals surface area contributed by atoms with Crippen LogP contribution >= 0.6 is 7.82 Å². The van der Waals surface area contributed by atoms with Crippen molar-refractivity contribution in [3.8, 4) is 0 Å². The Labute approximate surface area is 251 Å². The van der Waals surface area contributed by atoms with E-state index in [1.807, 2.05) is 20.8 Å². The lowest BCUT2D eigenvalue weighted by atomic mass is 9.98. The second kappa shape index (κ2) is 19.0. The molecule has 0 bridgehead atoms. The van der Waals surface area contributed by atoms with Gasteiger partial charge in [-0.3, -0.25) is 13.8 Å². The number of ether oxygens (including phenoxy) is 2. The van der Waals surface area contributed by atoms with E-state index < -0.39 is 32.1 Å². The first-order valence-corrected chi connectivity index (χ1v) is 18.2. The Morgan fingerprint density at radius 3 is 1.88 bits per heavy atom. The highest BCUT2D eigenvalue weighted by Gasteiger charge is 2.57. The van der Waals surface area contributed by atoms with Crippen molar-refractivity contribution < 1.29 is 36.9 Å². The highest BCUT2D eigenvalue weighted by atomic mass is 31.2. The molecule has 41 heavy (non-hydrogen) atoms. The number of nitrogens with zero attached hydrogens (tertiary/aromatic N) is 1. The van der Waals surface area contributed by atoms with E-state index in [9.17, 15) is 9.36 Å². The van der Waals surface area contributed by atoms with E-state index in [1.54, 1.807) is 0 Å². The molecule has 0 aromatic rings. The van der Waals surface area contributed by atoms with E-state index >= 15 is 0 Å². The van der Waals surface area contributed by atoms with Crippen LogP contribution in [0.3, 0.4) is 0 Å². The molecule has 0 spiro atoms. The van der Waals surface area contributed by atoms with Gasteiger partial charge in [-0.25, -0.2) is 9.09 Å². The highest BCUT2D eigenvalue weighted by Crippen LogP contribution is 2.61. The molecular weight excluding hydrogens is 541 g/mol. The number of quaternary nitrogens is 1. The normalized spacial score (nSPS) is 26.0. The van der Waals surface area contributed by atoms with E-state index in [1.165, 1.54) is 84.0 Å². The number of carbonyl (C=O) groups excluding carboxylic acids is 1. The summed E-state index contributed by atoms with van der Waals surface area (Å²) in [5.74, 6) is -0.524. The summed E-state index contributed by atoms with van der Waals surface area (Å²) in [6.45, 7) is 11.0. The number of likely N-dealkylation sites (N-methyl/N-ethyl adjacent to an activating group) is 1. The molecule has 0 aliphatic carbocycles. The van der Waals surface area contributed by atoms with Gasteiger partial charge in [-0.2, -0.15) is 0 Å². The van der Waals surface area contributed by atoms with Crippen LogP contribution in [0.2, 0.25) is 0 Å². The van der Waals surface area contributed by atoms with E-state index in [0.29, 0.717) is 11.1 Å². The van der Waals surface area contributed by atoms with Gasteiger partial charge < -0.3 is 14.0 Å². The number of phosphoric acid groups is 1. The molecule has 2 aliphatic rings. The van der Waals surface area contributed by atoms with Gasteiger partial charge in [0.05, 0.1) is 26.7 Å². The zero-order chi connectivity index (χ0) is 30.3. The smallest absolute Gasteiger partial charge is 0.457 e. The predicted octanol–water partition coefficient (Wildman–Crippen LogP) is 8.57. The van der Waals surface area contributed by atoms with Crippen molar-refractivity contribution in [2.75, 3.05) is 27.2 Å². The average molecular weight is 605 g/mol. The molecule has 2 saturated heterocycles. The molecule has 8 nitrogen and oxygen atoms in total. The number of esters is 1. The number of likely N-dealkylation sites (tertiary alicyclic amines) is 1. The summed E-state index contributed by atoms with van der Waals surface area (Å²) in [7, 11) is 0.293. The van der Waals surface area contributed by atoms with E-state index in [2.05, 4.69) is 21.0 Å². The molecule has 0 aromatic heterocycles. The van der Waals surface area contributed by atoms with Crippen LogP contribution in [0.1, 0.15) is 137 Å². The maximum Gasteiger partial charge on any atom is 0.480 e. The van der Waals surface area contributed by atoms with Gasteiger partial charge in [0.2, 0.25) is 6.23 Å². The number of unbranched alkanes of at least 4 members (excludes halogenated alkanes) is 13. The van der Waals surface area contributed by atoms with Crippen LogP contribution in [-0.4, -0.2) is 68.3 Å². The lowest BCUT2D eigenvalue weighted by Gasteiger charge is -2.39. The van der Waals surface area contributed by atoms with E-state index in [-0.39, 0.29) is 18.2 Å². The number of phosphoric ester groups is 1. The fraction of sp³-hybridized carbons (Fsp3) is 0.969. The van der Waals surface area contributed by atoms with Crippen molar-refractivity contribution in [1.82, 2.24) is 0 Å². The van der Waals surface area contributed by atoms with Crippen LogP contribution in [0.25, 0.3) is 0 Å². The first-order valence-electron chi connectivity index (χ1n) is 16.8. The summed E-state index contributed by atoms with van der Waals surface area (Å²) >= 11 is 0. The Hall–Kier alpha value is -0.500. The molecule has 2 heterocycles. The van der Waals surface area contributed by atoms with Crippen molar-refractivity contribution in [1.29, 1.82) is 0 Å². The molecule has 0 N–H and O–H groups in total. The zero-order valence-electron chi connectivity index (χ0n) is 27.4. The van der Waals surface area contributed by atoms with Crippen LogP contribution in [0.15, 0.2) is 0 Å². The lowest BCUT2D eigenvalue weighted by Crippen LogP contribution is -2.56. The van der Waals surface area contributed by atoms with Crippen molar-refractivity contribution in [2.24, 2.45) is 5.92 Å². The van der Waals surface area contributed by atoms with Gasteiger partial charge in [-0.05, 0) is 32.1 Å². The highest BCUT2D eigenvalue weighted by molar-refractivity contribution is 7.48. The first-order chi connectivity index (χ1) is 19.5. The zero-order valence-corrected chi connectivity index (χ0v) is 28.3. The number of hydrogen-bond donors (Lipinski definition) is 0. The molecule has 6 unspecified atom stereocenters. The molecular formula is C32H63NO7P+. The number of rotatable bonds is 22. The van der Waals surface area contributed by atoms with Crippen LogP contribution in [0, 0.1) is 5.92 Å². The van der Waals surface area contributed by atoms with Crippen molar-refractivity contribution >= 4 is 13.8 Å². The summed E-state index contributed by atoms with van der Waals surface area (Å²) in [6, 6.07) is 0.